The molecule has 1 rings (SSSR count). The van der Waals surface area contributed by atoms with Gasteiger partial charge in [-0.05, 0) is 19.8 Å². The van der Waals surface area contributed by atoms with Crippen molar-refractivity contribution < 1.29 is 14.6 Å². The molecule has 4 heteroatoms. The highest BCUT2D eigenvalue weighted by Crippen LogP contribution is 2.23. The van der Waals surface area contributed by atoms with Crippen molar-refractivity contribution in [2.75, 3.05) is 13.2 Å². The Balaban J connectivity index is 2.52. The highest BCUT2D eigenvalue weighted by atomic mass is 16.5. The molecule has 16 heavy (non-hydrogen) atoms. The number of aliphatic carboxylic acids is 1. The van der Waals surface area contributed by atoms with Crippen molar-refractivity contribution in [1.82, 2.24) is 4.90 Å². The van der Waals surface area contributed by atoms with Crippen LogP contribution in [0.2, 0.25) is 0 Å². The van der Waals surface area contributed by atoms with Gasteiger partial charge in [0, 0.05) is 25.6 Å². The lowest BCUT2D eigenvalue weighted by Gasteiger charge is -2.24. The third kappa shape index (κ3) is 3.46. The highest BCUT2D eigenvalue weighted by Gasteiger charge is 2.38. The van der Waals surface area contributed by atoms with Gasteiger partial charge in [-0.1, -0.05) is 13.8 Å². The quantitative estimate of drug-likeness (QED) is 0.778. The highest BCUT2D eigenvalue weighted by molar-refractivity contribution is 5.74. The first-order chi connectivity index (χ1) is 7.41. The molecule has 0 radical (unpaired) electrons. The molecule has 1 saturated heterocycles. The van der Waals surface area contributed by atoms with E-state index in [1.807, 2.05) is 18.7 Å². The van der Waals surface area contributed by atoms with Gasteiger partial charge in [0.25, 0.3) is 0 Å². The van der Waals surface area contributed by atoms with Crippen molar-refractivity contribution in [2.45, 2.75) is 52.3 Å². The van der Waals surface area contributed by atoms with Gasteiger partial charge >= 0.3 is 5.97 Å². The fraction of sp³-hybridized carbons (Fsp3) is 0.917. The van der Waals surface area contributed by atoms with Gasteiger partial charge in [-0.2, -0.15) is 0 Å². The zero-order valence-electron chi connectivity index (χ0n) is 10.6. The molecule has 2 atom stereocenters. The fourth-order valence-corrected chi connectivity index (χ4v) is 2.08. The summed E-state index contributed by atoms with van der Waals surface area (Å²) >= 11 is 0. The van der Waals surface area contributed by atoms with Crippen LogP contribution in [0.3, 0.4) is 0 Å². The molecule has 0 aromatic carbocycles. The van der Waals surface area contributed by atoms with Crippen LogP contribution in [0, 0.1) is 5.92 Å². The van der Waals surface area contributed by atoms with Crippen LogP contribution in [0.1, 0.15) is 34.1 Å². The van der Waals surface area contributed by atoms with Crippen LogP contribution in [-0.4, -0.2) is 47.3 Å². The topological polar surface area (TPSA) is 49.8 Å². The number of carboxylic acid groups (broad SMARTS) is 1. The van der Waals surface area contributed by atoms with Gasteiger partial charge in [0.1, 0.15) is 6.04 Å². The maximum Gasteiger partial charge on any atom is 0.321 e. The third-order valence-corrected chi connectivity index (χ3v) is 2.91. The molecule has 1 aliphatic heterocycles. The summed E-state index contributed by atoms with van der Waals surface area (Å²) in [7, 11) is 0. The van der Waals surface area contributed by atoms with E-state index in [4.69, 9.17) is 9.84 Å². The van der Waals surface area contributed by atoms with E-state index in [1.165, 1.54) is 0 Å². The second-order valence-electron chi connectivity index (χ2n) is 5.23. The first-order valence-corrected chi connectivity index (χ1v) is 6.02. The minimum absolute atomic E-state index is 0.0749. The van der Waals surface area contributed by atoms with E-state index in [1.54, 1.807) is 0 Å². The van der Waals surface area contributed by atoms with E-state index in [-0.39, 0.29) is 18.2 Å². The largest absolute Gasteiger partial charge is 0.480 e. The molecule has 0 spiro atoms. The Morgan fingerprint density at radius 1 is 1.44 bits per heavy atom. The lowest BCUT2D eigenvalue weighted by atomic mass is 10.2. The van der Waals surface area contributed by atoms with E-state index in [9.17, 15) is 4.79 Å². The Hall–Kier alpha value is -0.610. The maximum absolute atomic E-state index is 11.1. The first kappa shape index (κ1) is 13.5. The van der Waals surface area contributed by atoms with Crippen molar-refractivity contribution in [3.63, 3.8) is 0 Å². The molecule has 94 valence electrons. The number of likely N-dealkylation sites (tertiary alicyclic amines) is 1. The number of rotatable bonds is 5. The van der Waals surface area contributed by atoms with E-state index in [2.05, 4.69) is 13.8 Å². The summed E-state index contributed by atoms with van der Waals surface area (Å²) in [5, 5.41) is 9.13. The van der Waals surface area contributed by atoms with Crippen LogP contribution >= 0.6 is 0 Å². The van der Waals surface area contributed by atoms with Crippen LogP contribution in [0.15, 0.2) is 0 Å². The molecule has 4 nitrogen and oxygen atoms in total. The molecule has 1 fully saturated rings. The Bertz CT molecular complexity index is 240. The normalized spacial score (nSPS) is 26.9. The zero-order chi connectivity index (χ0) is 12.3. The van der Waals surface area contributed by atoms with Gasteiger partial charge in [-0.25, -0.2) is 0 Å². The molecule has 0 aliphatic carbocycles. The van der Waals surface area contributed by atoms with Crippen molar-refractivity contribution in [3.05, 3.63) is 0 Å². The van der Waals surface area contributed by atoms with Crippen LogP contribution in [0.4, 0.5) is 0 Å². The fourth-order valence-electron chi connectivity index (χ4n) is 2.08. The summed E-state index contributed by atoms with van der Waals surface area (Å²) in [6, 6.07) is -0.120. The summed E-state index contributed by atoms with van der Waals surface area (Å²) in [4.78, 5) is 13.1. The van der Waals surface area contributed by atoms with Gasteiger partial charge in [0.2, 0.25) is 0 Å². The molecule has 0 aromatic rings. The predicted octanol–water partition coefficient (Wildman–Crippen LogP) is 1.59. The van der Waals surface area contributed by atoms with Gasteiger partial charge < -0.3 is 9.84 Å². The summed E-state index contributed by atoms with van der Waals surface area (Å²) < 4.78 is 5.72. The number of ether oxygens (including phenoxy) is 1. The number of carboxylic acids is 1. The smallest absolute Gasteiger partial charge is 0.321 e. The number of hydrogen-bond donors (Lipinski definition) is 1. The molecule has 1 heterocycles. The summed E-state index contributed by atoms with van der Waals surface area (Å²) in [6.07, 6.45) is 0.686. The Labute approximate surface area is 97.6 Å². The van der Waals surface area contributed by atoms with Crippen molar-refractivity contribution >= 4 is 5.97 Å². The molecule has 0 amide bonds. The predicted molar refractivity (Wildman–Crippen MR) is 62.5 cm³/mol. The van der Waals surface area contributed by atoms with Crippen molar-refractivity contribution in [3.8, 4) is 0 Å². The first-order valence-electron chi connectivity index (χ1n) is 6.02. The third-order valence-electron chi connectivity index (χ3n) is 2.91. The van der Waals surface area contributed by atoms with Crippen LogP contribution < -0.4 is 0 Å². The van der Waals surface area contributed by atoms with E-state index < -0.39 is 5.97 Å². The summed E-state index contributed by atoms with van der Waals surface area (Å²) in [5.41, 5.74) is 0. The molecule has 0 aromatic heterocycles. The lowest BCUT2D eigenvalue weighted by Crippen LogP contribution is -2.40. The monoisotopic (exact) mass is 229 g/mol. The van der Waals surface area contributed by atoms with Gasteiger partial charge in [0.15, 0.2) is 0 Å². The van der Waals surface area contributed by atoms with Crippen LogP contribution in [0.25, 0.3) is 0 Å². The molecule has 1 N–H and O–H groups in total. The minimum Gasteiger partial charge on any atom is -0.480 e. The number of nitrogens with zero attached hydrogens (tertiary/aromatic N) is 1. The second-order valence-corrected chi connectivity index (χ2v) is 5.23. The average Bonchev–Trinajstić information content (AvgIpc) is 2.58. The average molecular weight is 229 g/mol. The summed E-state index contributed by atoms with van der Waals surface area (Å²) in [6.45, 7) is 9.71. The van der Waals surface area contributed by atoms with Crippen molar-refractivity contribution in [2.24, 2.45) is 5.92 Å². The van der Waals surface area contributed by atoms with Crippen LogP contribution in [0.5, 0.6) is 0 Å². The lowest BCUT2D eigenvalue weighted by molar-refractivity contribution is -0.142. The molecular formula is C12H23NO3. The Morgan fingerprint density at radius 2 is 2.06 bits per heavy atom. The van der Waals surface area contributed by atoms with E-state index in [0.29, 0.717) is 18.9 Å². The maximum atomic E-state index is 11.1. The van der Waals surface area contributed by atoms with E-state index >= 15 is 0 Å². The minimum atomic E-state index is -0.732. The molecule has 0 saturated carbocycles. The van der Waals surface area contributed by atoms with Gasteiger partial charge in [-0.15, -0.1) is 0 Å². The zero-order valence-corrected chi connectivity index (χ0v) is 10.6. The number of hydrogen-bond acceptors (Lipinski definition) is 3. The summed E-state index contributed by atoms with van der Waals surface area (Å²) in [5.74, 6) is -0.235. The second kappa shape index (κ2) is 5.64. The van der Waals surface area contributed by atoms with Crippen LogP contribution in [-0.2, 0) is 9.53 Å². The molecule has 0 unspecified atom stereocenters. The van der Waals surface area contributed by atoms with E-state index in [0.717, 1.165) is 6.54 Å². The Kier molecular flexibility index (Phi) is 4.74. The van der Waals surface area contributed by atoms with Gasteiger partial charge in [-0.3, -0.25) is 9.69 Å². The molecule has 0 bridgehead atoms. The standard InChI is InChI=1S/C12H23NO3/c1-8(2)7-16-10-5-11(12(14)15)13(6-10)9(3)4/h8-11H,5-7H2,1-4H3,(H,14,15)/t10-,11+/m1/s1. The SMILES string of the molecule is CC(C)CO[C@@H]1C[C@@H](C(=O)O)N(C(C)C)C1. The Morgan fingerprint density at radius 3 is 2.44 bits per heavy atom. The van der Waals surface area contributed by atoms with Crippen molar-refractivity contribution in [1.29, 1.82) is 0 Å². The van der Waals surface area contributed by atoms with Gasteiger partial charge in [0.05, 0.1) is 6.10 Å². The molecule has 1 aliphatic rings. The number of carbonyl (C=O) groups is 1. The molecular weight excluding hydrogens is 206 g/mol.